The van der Waals surface area contributed by atoms with Crippen molar-refractivity contribution < 1.29 is 9.32 Å². The van der Waals surface area contributed by atoms with Gasteiger partial charge in [0, 0.05) is 19.7 Å². The van der Waals surface area contributed by atoms with Crippen LogP contribution in [0.5, 0.6) is 0 Å². The van der Waals surface area contributed by atoms with Crippen molar-refractivity contribution in [2.45, 2.75) is 39.2 Å². The van der Waals surface area contributed by atoms with Gasteiger partial charge in [-0.25, -0.2) is 4.79 Å². The topological polar surface area (TPSA) is 71.3 Å². The van der Waals surface area contributed by atoms with E-state index < -0.39 is 0 Å². The van der Waals surface area contributed by atoms with Crippen LogP contribution < -0.4 is 5.32 Å². The van der Waals surface area contributed by atoms with Gasteiger partial charge in [0.25, 0.3) is 0 Å². The third-order valence-electron chi connectivity index (χ3n) is 3.93. The van der Waals surface area contributed by atoms with Gasteiger partial charge in [-0.1, -0.05) is 17.3 Å². The molecule has 1 aromatic carbocycles. The first-order valence-electron chi connectivity index (χ1n) is 7.55. The first-order chi connectivity index (χ1) is 10.6. The van der Waals surface area contributed by atoms with Crippen LogP contribution in [0.2, 0.25) is 0 Å². The van der Waals surface area contributed by atoms with Crippen LogP contribution in [0, 0.1) is 6.92 Å². The molecule has 0 aliphatic heterocycles. The lowest BCUT2D eigenvalue weighted by Crippen LogP contribution is -2.31. The van der Waals surface area contributed by atoms with Crippen molar-refractivity contribution in [3.8, 4) is 0 Å². The van der Waals surface area contributed by atoms with Crippen molar-refractivity contribution in [3.63, 3.8) is 0 Å². The molecule has 0 atom stereocenters. The molecule has 1 aromatic heterocycles. The minimum atomic E-state index is -0.165. The molecule has 0 spiro atoms. The number of carbonyl (C=O) groups is 1. The number of aromatic nitrogens is 2. The number of anilines is 1. The summed E-state index contributed by atoms with van der Waals surface area (Å²) >= 11 is 0. The minimum Gasteiger partial charge on any atom is -0.340 e. The number of fused-ring (bicyclic) bond motifs is 1. The minimum absolute atomic E-state index is 0.165. The van der Waals surface area contributed by atoms with E-state index in [0.717, 1.165) is 18.5 Å². The maximum atomic E-state index is 12.3. The highest BCUT2D eigenvalue weighted by Gasteiger charge is 2.17. The van der Waals surface area contributed by atoms with E-state index in [2.05, 4.69) is 21.5 Å². The molecule has 0 saturated heterocycles. The summed E-state index contributed by atoms with van der Waals surface area (Å²) in [6.07, 6.45) is 4.52. The van der Waals surface area contributed by atoms with E-state index >= 15 is 0 Å². The van der Waals surface area contributed by atoms with Crippen molar-refractivity contribution in [1.29, 1.82) is 0 Å². The van der Waals surface area contributed by atoms with E-state index in [1.165, 1.54) is 24.0 Å². The molecule has 1 aliphatic carbocycles. The molecule has 116 valence electrons. The molecular formula is C16H20N4O2. The second kappa shape index (κ2) is 6.17. The largest absolute Gasteiger partial charge is 0.340 e. The van der Waals surface area contributed by atoms with Gasteiger partial charge >= 0.3 is 6.03 Å². The molecule has 2 amide bonds. The summed E-state index contributed by atoms with van der Waals surface area (Å²) in [5.41, 5.74) is 3.53. The number of nitrogens with zero attached hydrogens (tertiary/aromatic N) is 3. The number of aryl methyl sites for hydroxylation is 2. The van der Waals surface area contributed by atoms with Gasteiger partial charge in [0.1, 0.15) is 0 Å². The summed E-state index contributed by atoms with van der Waals surface area (Å²) in [4.78, 5) is 18.0. The van der Waals surface area contributed by atoms with Gasteiger partial charge in [-0.15, -0.1) is 0 Å². The Labute approximate surface area is 129 Å². The number of hydrogen-bond acceptors (Lipinski definition) is 4. The second-order valence-electron chi connectivity index (χ2n) is 5.67. The maximum absolute atomic E-state index is 12.3. The van der Waals surface area contributed by atoms with Crippen molar-refractivity contribution in [3.05, 3.63) is 41.0 Å². The monoisotopic (exact) mass is 300 g/mol. The molecule has 1 aliphatic rings. The smallest absolute Gasteiger partial charge is 0.322 e. The maximum Gasteiger partial charge on any atom is 0.322 e. The van der Waals surface area contributed by atoms with Gasteiger partial charge in [-0.05, 0) is 42.9 Å². The van der Waals surface area contributed by atoms with Gasteiger partial charge in [0.05, 0.1) is 6.54 Å². The van der Waals surface area contributed by atoms with E-state index in [-0.39, 0.29) is 6.03 Å². The van der Waals surface area contributed by atoms with Crippen LogP contribution in [0.25, 0.3) is 0 Å². The molecule has 0 bridgehead atoms. The molecule has 0 radical (unpaired) electrons. The fourth-order valence-electron chi connectivity index (χ4n) is 2.80. The predicted octanol–water partition coefficient (Wildman–Crippen LogP) is 2.92. The Hall–Kier alpha value is -2.37. The molecule has 22 heavy (non-hydrogen) atoms. The lowest BCUT2D eigenvalue weighted by molar-refractivity contribution is 0.219. The SMILES string of the molecule is Cc1nc(CN(C)C(=O)Nc2cccc3c2CCCC3)no1. The van der Waals surface area contributed by atoms with Crippen LogP contribution in [0.1, 0.15) is 35.7 Å². The lowest BCUT2D eigenvalue weighted by Gasteiger charge is -2.22. The molecule has 1 N–H and O–H groups in total. The van der Waals surface area contributed by atoms with Crippen molar-refractivity contribution in [2.24, 2.45) is 0 Å². The highest BCUT2D eigenvalue weighted by Crippen LogP contribution is 2.28. The summed E-state index contributed by atoms with van der Waals surface area (Å²) in [7, 11) is 1.72. The molecule has 6 heteroatoms. The molecular weight excluding hydrogens is 280 g/mol. The van der Waals surface area contributed by atoms with E-state index in [9.17, 15) is 4.79 Å². The molecule has 0 unspecified atom stereocenters. The normalized spacial score (nSPS) is 13.5. The van der Waals surface area contributed by atoms with E-state index in [1.54, 1.807) is 18.9 Å². The quantitative estimate of drug-likeness (QED) is 0.946. The van der Waals surface area contributed by atoms with Crippen molar-refractivity contribution in [2.75, 3.05) is 12.4 Å². The van der Waals surface area contributed by atoms with E-state index in [4.69, 9.17) is 4.52 Å². The second-order valence-corrected chi connectivity index (χ2v) is 5.67. The molecule has 3 rings (SSSR count). The number of benzene rings is 1. The van der Waals surface area contributed by atoms with Crippen LogP contribution in [0.3, 0.4) is 0 Å². The average molecular weight is 300 g/mol. The van der Waals surface area contributed by atoms with Gasteiger partial charge < -0.3 is 14.7 Å². The molecule has 0 saturated carbocycles. The standard InChI is InChI=1S/C16H20N4O2/c1-11-17-15(19-22-11)10-20(2)16(21)18-14-9-5-7-12-6-3-4-8-13(12)14/h5,7,9H,3-4,6,8,10H2,1-2H3,(H,18,21). The highest BCUT2D eigenvalue weighted by atomic mass is 16.5. The summed E-state index contributed by atoms with van der Waals surface area (Å²) in [6, 6.07) is 5.95. The summed E-state index contributed by atoms with van der Waals surface area (Å²) < 4.78 is 4.92. The molecule has 1 heterocycles. The Bertz CT molecular complexity index is 681. The van der Waals surface area contributed by atoms with Gasteiger partial charge in [0.2, 0.25) is 5.89 Å². The Morgan fingerprint density at radius 3 is 2.95 bits per heavy atom. The van der Waals surface area contributed by atoms with Gasteiger partial charge in [-0.3, -0.25) is 0 Å². The van der Waals surface area contributed by atoms with Crippen LogP contribution in [-0.4, -0.2) is 28.1 Å². The zero-order chi connectivity index (χ0) is 15.5. The molecule has 6 nitrogen and oxygen atoms in total. The molecule has 0 fully saturated rings. The average Bonchev–Trinajstić information content (AvgIpc) is 2.92. The van der Waals surface area contributed by atoms with Gasteiger partial charge in [-0.2, -0.15) is 4.98 Å². The first kappa shape index (κ1) is 14.6. The first-order valence-corrected chi connectivity index (χ1v) is 7.55. The Morgan fingerprint density at radius 1 is 1.36 bits per heavy atom. The number of nitrogens with one attached hydrogen (secondary N) is 1. The zero-order valence-corrected chi connectivity index (χ0v) is 12.9. The third-order valence-corrected chi connectivity index (χ3v) is 3.93. The number of urea groups is 1. The zero-order valence-electron chi connectivity index (χ0n) is 12.9. The van der Waals surface area contributed by atoms with E-state index in [0.29, 0.717) is 18.3 Å². The number of hydrogen-bond donors (Lipinski definition) is 1. The van der Waals surface area contributed by atoms with Gasteiger partial charge in [0.15, 0.2) is 5.82 Å². The lowest BCUT2D eigenvalue weighted by atomic mass is 9.90. The summed E-state index contributed by atoms with van der Waals surface area (Å²) in [5.74, 6) is 1.01. The molecule has 2 aromatic rings. The third kappa shape index (κ3) is 3.10. The number of amides is 2. The van der Waals surface area contributed by atoms with E-state index in [1.807, 2.05) is 12.1 Å². The fourth-order valence-corrected chi connectivity index (χ4v) is 2.80. The predicted molar refractivity (Wildman–Crippen MR) is 82.6 cm³/mol. The Balaban J connectivity index is 1.69. The highest BCUT2D eigenvalue weighted by molar-refractivity contribution is 5.90. The van der Waals surface area contributed by atoms with Crippen LogP contribution >= 0.6 is 0 Å². The number of carbonyl (C=O) groups excluding carboxylic acids is 1. The van der Waals surface area contributed by atoms with Crippen LogP contribution in [0.4, 0.5) is 10.5 Å². The number of rotatable bonds is 3. The Morgan fingerprint density at radius 2 is 2.18 bits per heavy atom. The van der Waals surface area contributed by atoms with Crippen molar-refractivity contribution in [1.82, 2.24) is 15.0 Å². The van der Waals surface area contributed by atoms with Crippen molar-refractivity contribution >= 4 is 11.7 Å². The summed E-state index contributed by atoms with van der Waals surface area (Å²) in [6.45, 7) is 2.05. The van der Waals surface area contributed by atoms with Crippen LogP contribution in [0.15, 0.2) is 22.7 Å². The fraction of sp³-hybridized carbons (Fsp3) is 0.438. The summed E-state index contributed by atoms with van der Waals surface area (Å²) in [5, 5.41) is 6.81. The Kier molecular flexibility index (Phi) is 4.09. The van der Waals surface area contributed by atoms with Crippen LogP contribution in [-0.2, 0) is 19.4 Å².